The Balaban J connectivity index is 2.55. The fourth-order valence-electron chi connectivity index (χ4n) is 1.31. The van der Waals surface area contributed by atoms with Gasteiger partial charge in [-0.05, 0) is 24.6 Å². The van der Waals surface area contributed by atoms with Gasteiger partial charge in [-0.25, -0.2) is 4.79 Å². The summed E-state index contributed by atoms with van der Waals surface area (Å²) in [5, 5.41) is 9.52. The van der Waals surface area contributed by atoms with Crippen molar-refractivity contribution >= 4 is 5.97 Å². The largest absolute Gasteiger partial charge is 0.497 e. The van der Waals surface area contributed by atoms with Gasteiger partial charge in [-0.1, -0.05) is 12.1 Å². The first-order valence-electron chi connectivity index (χ1n) is 5.15. The molecule has 1 rings (SSSR count). The van der Waals surface area contributed by atoms with Crippen LogP contribution in [-0.2, 0) is 16.0 Å². The fraction of sp³-hybridized carbons (Fsp3) is 0.417. The van der Waals surface area contributed by atoms with Crippen molar-refractivity contribution in [1.82, 2.24) is 0 Å². The third kappa shape index (κ3) is 3.55. The van der Waals surface area contributed by atoms with Crippen LogP contribution in [0.25, 0.3) is 0 Å². The van der Waals surface area contributed by atoms with Crippen molar-refractivity contribution in [2.24, 2.45) is 0 Å². The quantitative estimate of drug-likeness (QED) is 0.762. The number of hydrogen-bond donors (Lipinski definition) is 1. The molecule has 0 fully saturated rings. The molecule has 0 aliphatic rings. The summed E-state index contributed by atoms with van der Waals surface area (Å²) < 4.78 is 9.71. The van der Waals surface area contributed by atoms with E-state index in [4.69, 9.17) is 9.47 Å². The van der Waals surface area contributed by atoms with Gasteiger partial charge in [0.25, 0.3) is 0 Å². The molecule has 4 nitrogen and oxygen atoms in total. The molecular formula is C12H16O4. The Labute approximate surface area is 94.8 Å². The average Bonchev–Trinajstić information content (AvgIpc) is 2.30. The van der Waals surface area contributed by atoms with Crippen LogP contribution in [0.15, 0.2) is 24.3 Å². The van der Waals surface area contributed by atoms with E-state index in [0.29, 0.717) is 0 Å². The molecule has 1 N–H and O–H groups in total. The minimum absolute atomic E-state index is 0.253. The number of aliphatic hydroxyl groups is 1. The first-order chi connectivity index (χ1) is 7.67. The van der Waals surface area contributed by atoms with E-state index < -0.39 is 12.1 Å². The van der Waals surface area contributed by atoms with E-state index in [1.54, 1.807) is 38.3 Å². The van der Waals surface area contributed by atoms with Gasteiger partial charge in [-0.15, -0.1) is 0 Å². The summed E-state index contributed by atoms with van der Waals surface area (Å²) >= 11 is 0. The van der Waals surface area contributed by atoms with Crippen molar-refractivity contribution in [2.75, 3.05) is 13.7 Å². The van der Waals surface area contributed by atoms with Crippen LogP contribution >= 0.6 is 0 Å². The maximum absolute atomic E-state index is 11.2. The topological polar surface area (TPSA) is 55.8 Å². The monoisotopic (exact) mass is 224 g/mol. The number of carbonyl (C=O) groups excluding carboxylic acids is 1. The number of aliphatic hydroxyl groups excluding tert-OH is 1. The lowest BCUT2D eigenvalue weighted by Crippen LogP contribution is -2.25. The average molecular weight is 224 g/mol. The molecule has 0 aromatic heterocycles. The fourth-order valence-corrected chi connectivity index (χ4v) is 1.31. The molecule has 1 atom stereocenters. The van der Waals surface area contributed by atoms with Crippen LogP contribution < -0.4 is 4.74 Å². The Morgan fingerprint density at radius 1 is 1.38 bits per heavy atom. The molecule has 0 unspecified atom stereocenters. The molecule has 0 bridgehead atoms. The second-order valence-electron chi connectivity index (χ2n) is 3.32. The standard InChI is InChI=1S/C12H16O4/c1-3-16-12(14)11(13)8-9-4-6-10(15-2)7-5-9/h4-7,11,13H,3,8H2,1-2H3/t11-/m1/s1. The number of esters is 1. The minimum Gasteiger partial charge on any atom is -0.497 e. The van der Waals surface area contributed by atoms with Crippen LogP contribution in [0.5, 0.6) is 5.75 Å². The molecule has 0 heterocycles. The number of ether oxygens (including phenoxy) is 2. The molecule has 16 heavy (non-hydrogen) atoms. The maximum atomic E-state index is 11.2. The summed E-state index contributed by atoms with van der Waals surface area (Å²) in [4.78, 5) is 11.2. The number of hydrogen-bond acceptors (Lipinski definition) is 4. The summed E-state index contributed by atoms with van der Waals surface area (Å²) in [7, 11) is 1.59. The van der Waals surface area contributed by atoms with Crippen molar-refractivity contribution in [3.8, 4) is 5.75 Å². The van der Waals surface area contributed by atoms with Crippen LogP contribution in [0.2, 0.25) is 0 Å². The zero-order valence-corrected chi connectivity index (χ0v) is 9.47. The number of rotatable bonds is 5. The molecule has 1 aromatic carbocycles. The van der Waals surface area contributed by atoms with Crippen molar-refractivity contribution in [3.63, 3.8) is 0 Å². The van der Waals surface area contributed by atoms with Crippen LogP contribution in [-0.4, -0.2) is 30.9 Å². The summed E-state index contributed by atoms with van der Waals surface area (Å²) in [5.41, 5.74) is 0.862. The lowest BCUT2D eigenvalue weighted by Gasteiger charge is -2.09. The van der Waals surface area contributed by atoms with E-state index in [1.807, 2.05) is 0 Å². The summed E-state index contributed by atoms with van der Waals surface area (Å²) in [6.07, 6.45) is -0.851. The van der Waals surface area contributed by atoms with Crippen LogP contribution in [0.4, 0.5) is 0 Å². The van der Waals surface area contributed by atoms with E-state index in [1.165, 1.54) is 0 Å². The van der Waals surface area contributed by atoms with E-state index in [2.05, 4.69) is 0 Å². The second kappa shape index (κ2) is 6.12. The molecule has 1 aromatic rings. The molecule has 88 valence electrons. The van der Waals surface area contributed by atoms with Crippen molar-refractivity contribution < 1.29 is 19.4 Å². The third-order valence-electron chi connectivity index (χ3n) is 2.15. The van der Waals surface area contributed by atoms with E-state index >= 15 is 0 Å². The molecule has 0 aliphatic carbocycles. The zero-order chi connectivity index (χ0) is 12.0. The predicted octanol–water partition coefficient (Wildman–Crippen LogP) is 1.16. The lowest BCUT2D eigenvalue weighted by atomic mass is 10.1. The zero-order valence-electron chi connectivity index (χ0n) is 9.47. The van der Waals surface area contributed by atoms with Gasteiger partial charge in [-0.2, -0.15) is 0 Å². The Morgan fingerprint density at radius 2 is 2.00 bits per heavy atom. The van der Waals surface area contributed by atoms with Gasteiger partial charge >= 0.3 is 5.97 Å². The van der Waals surface area contributed by atoms with Crippen molar-refractivity contribution in [1.29, 1.82) is 0 Å². The molecule has 0 aliphatic heterocycles. The highest BCUT2D eigenvalue weighted by atomic mass is 16.5. The second-order valence-corrected chi connectivity index (χ2v) is 3.32. The van der Waals surface area contributed by atoms with Crippen LogP contribution in [0.3, 0.4) is 0 Å². The number of carbonyl (C=O) groups is 1. The van der Waals surface area contributed by atoms with Gasteiger partial charge < -0.3 is 14.6 Å². The van der Waals surface area contributed by atoms with Crippen molar-refractivity contribution in [2.45, 2.75) is 19.4 Å². The molecule has 0 amide bonds. The van der Waals surface area contributed by atoms with Gasteiger partial charge in [0.05, 0.1) is 13.7 Å². The Morgan fingerprint density at radius 3 is 2.50 bits per heavy atom. The van der Waals surface area contributed by atoms with E-state index in [0.717, 1.165) is 11.3 Å². The van der Waals surface area contributed by atoms with Gasteiger partial charge in [0.2, 0.25) is 0 Å². The first-order valence-corrected chi connectivity index (χ1v) is 5.15. The normalized spacial score (nSPS) is 11.9. The molecular weight excluding hydrogens is 208 g/mol. The highest BCUT2D eigenvalue weighted by Crippen LogP contribution is 2.12. The van der Waals surface area contributed by atoms with Gasteiger partial charge in [0.1, 0.15) is 5.75 Å². The predicted molar refractivity (Wildman–Crippen MR) is 59.3 cm³/mol. The molecule has 0 saturated heterocycles. The molecule has 0 spiro atoms. The maximum Gasteiger partial charge on any atom is 0.335 e. The van der Waals surface area contributed by atoms with E-state index in [-0.39, 0.29) is 13.0 Å². The van der Waals surface area contributed by atoms with Gasteiger partial charge in [0.15, 0.2) is 6.10 Å². The summed E-state index contributed by atoms with van der Waals surface area (Å²) in [5.74, 6) is 0.160. The molecule has 0 saturated carbocycles. The number of benzene rings is 1. The Bertz CT molecular complexity index is 331. The number of methoxy groups -OCH3 is 1. The Hall–Kier alpha value is -1.55. The SMILES string of the molecule is CCOC(=O)[C@H](O)Cc1ccc(OC)cc1. The summed E-state index contributed by atoms with van der Waals surface area (Å²) in [6.45, 7) is 1.98. The highest BCUT2D eigenvalue weighted by molar-refractivity contribution is 5.74. The van der Waals surface area contributed by atoms with E-state index in [9.17, 15) is 9.90 Å². The summed E-state index contributed by atoms with van der Waals surface area (Å²) in [6, 6.07) is 7.18. The highest BCUT2D eigenvalue weighted by Gasteiger charge is 2.16. The smallest absolute Gasteiger partial charge is 0.335 e. The van der Waals surface area contributed by atoms with Crippen LogP contribution in [0.1, 0.15) is 12.5 Å². The van der Waals surface area contributed by atoms with Crippen molar-refractivity contribution in [3.05, 3.63) is 29.8 Å². The van der Waals surface area contributed by atoms with Crippen LogP contribution in [0, 0.1) is 0 Å². The minimum atomic E-state index is -1.10. The van der Waals surface area contributed by atoms with Gasteiger partial charge in [0, 0.05) is 6.42 Å². The first kappa shape index (κ1) is 12.5. The third-order valence-corrected chi connectivity index (χ3v) is 2.15. The lowest BCUT2D eigenvalue weighted by molar-refractivity contribution is -0.152. The Kier molecular flexibility index (Phi) is 4.79. The molecule has 4 heteroatoms. The van der Waals surface area contributed by atoms with Gasteiger partial charge in [-0.3, -0.25) is 0 Å². The molecule has 0 radical (unpaired) electrons.